The molecular formula is C10H10OS2. The fraction of sp³-hybridized carbons (Fsp3) is 0.100. The van der Waals surface area contributed by atoms with Gasteiger partial charge in [-0.1, -0.05) is 42.5 Å². The molecule has 0 atom stereocenters. The summed E-state index contributed by atoms with van der Waals surface area (Å²) >= 11 is 6.40. The molecule has 0 aliphatic heterocycles. The van der Waals surface area contributed by atoms with E-state index in [-0.39, 0.29) is 5.76 Å². The molecule has 0 heterocycles. The Bertz CT molecular complexity index is 317. The Labute approximate surface area is 87.5 Å². The van der Waals surface area contributed by atoms with E-state index in [1.165, 1.54) is 11.8 Å². The summed E-state index contributed by atoms with van der Waals surface area (Å²) in [5.41, 5.74) is 0.791. The number of aliphatic hydroxyl groups excluding tert-OH is 1. The first-order chi connectivity index (χ1) is 6.24. The maximum atomic E-state index is 9.58. The van der Waals surface area contributed by atoms with Gasteiger partial charge in [0.25, 0.3) is 0 Å². The van der Waals surface area contributed by atoms with E-state index in [1.54, 1.807) is 6.08 Å². The second-order valence-electron chi connectivity index (χ2n) is 2.42. The van der Waals surface area contributed by atoms with Crippen LogP contribution in [-0.4, -0.2) is 15.6 Å². The number of thioether (sulfide) groups is 1. The van der Waals surface area contributed by atoms with Crippen LogP contribution in [0.4, 0.5) is 0 Å². The van der Waals surface area contributed by atoms with E-state index < -0.39 is 0 Å². The highest BCUT2D eigenvalue weighted by Crippen LogP contribution is 2.12. The topological polar surface area (TPSA) is 20.2 Å². The van der Waals surface area contributed by atoms with Crippen molar-refractivity contribution in [2.24, 2.45) is 0 Å². The molecule has 0 amide bonds. The minimum Gasteiger partial charge on any atom is -0.507 e. The van der Waals surface area contributed by atoms with Gasteiger partial charge in [0.2, 0.25) is 0 Å². The molecule has 13 heavy (non-hydrogen) atoms. The lowest BCUT2D eigenvalue weighted by Crippen LogP contribution is -1.86. The predicted octanol–water partition coefficient (Wildman–Crippen LogP) is 3.28. The molecule has 0 saturated heterocycles. The van der Waals surface area contributed by atoms with E-state index >= 15 is 0 Å². The molecule has 0 fully saturated rings. The van der Waals surface area contributed by atoms with E-state index in [4.69, 9.17) is 12.2 Å². The molecule has 0 radical (unpaired) electrons. The highest BCUT2D eigenvalue weighted by atomic mass is 32.2. The summed E-state index contributed by atoms with van der Waals surface area (Å²) in [7, 11) is 0. The summed E-state index contributed by atoms with van der Waals surface area (Å²) in [6.07, 6.45) is 3.48. The molecule has 1 nitrogen and oxygen atoms in total. The zero-order chi connectivity index (χ0) is 9.68. The van der Waals surface area contributed by atoms with Gasteiger partial charge in [0.15, 0.2) is 0 Å². The lowest BCUT2D eigenvalue weighted by atomic mass is 10.2. The fourth-order valence-electron chi connectivity index (χ4n) is 0.863. The van der Waals surface area contributed by atoms with E-state index in [0.29, 0.717) is 4.20 Å². The van der Waals surface area contributed by atoms with Crippen LogP contribution in [0.3, 0.4) is 0 Å². The van der Waals surface area contributed by atoms with Crippen molar-refractivity contribution >= 4 is 33.9 Å². The predicted molar refractivity (Wildman–Crippen MR) is 63.2 cm³/mol. The fourth-order valence-corrected chi connectivity index (χ4v) is 1.20. The number of thiocarbonyl (C=S) groups is 1. The quantitative estimate of drug-likeness (QED) is 0.459. The summed E-state index contributed by atoms with van der Waals surface area (Å²) in [4.78, 5) is 0. The van der Waals surface area contributed by atoms with Gasteiger partial charge in [-0.15, -0.1) is 11.8 Å². The SMILES string of the molecule is CSC(=S)C=C(O)c1ccccc1. The molecular weight excluding hydrogens is 200 g/mol. The summed E-state index contributed by atoms with van der Waals surface area (Å²) in [5.74, 6) is 0.222. The van der Waals surface area contributed by atoms with Crippen LogP contribution in [0.15, 0.2) is 36.4 Å². The van der Waals surface area contributed by atoms with Crippen LogP contribution in [0, 0.1) is 0 Å². The van der Waals surface area contributed by atoms with Crippen molar-refractivity contribution in [3.63, 3.8) is 0 Å². The van der Waals surface area contributed by atoms with Crippen LogP contribution in [0.5, 0.6) is 0 Å². The maximum Gasteiger partial charge on any atom is 0.124 e. The van der Waals surface area contributed by atoms with Crippen molar-refractivity contribution in [1.82, 2.24) is 0 Å². The Morgan fingerprint density at radius 1 is 1.38 bits per heavy atom. The molecule has 0 saturated carbocycles. The van der Waals surface area contributed by atoms with Crippen LogP contribution >= 0.6 is 24.0 Å². The van der Waals surface area contributed by atoms with Crippen LogP contribution < -0.4 is 0 Å². The lowest BCUT2D eigenvalue weighted by molar-refractivity contribution is 0.512. The van der Waals surface area contributed by atoms with E-state index in [1.807, 2.05) is 36.6 Å². The van der Waals surface area contributed by atoms with Gasteiger partial charge >= 0.3 is 0 Å². The summed E-state index contributed by atoms with van der Waals surface area (Å²) < 4.78 is 0.682. The molecule has 0 spiro atoms. The molecule has 0 aromatic heterocycles. The van der Waals surface area contributed by atoms with Gasteiger partial charge in [0, 0.05) is 11.6 Å². The minimum absolute atomic E-state index is 0.222. The van der Waals surface area contributed by atoms with Crippen LogP contribution in [0.25, 0.3) is 5.76 Å². The third-order valence-electron chi connectivity index (χ3n) is 1.53. The van der Waals surface area contributed by atoms with E-state index in [9.17, 15) is 5.11 Å². The molecule has 0 bridgehead atoms. The first kappa shape index (κ1) is 10.3. The van der Waals surface area contributed by atoms with Crippen molar-refractivity contribution in [1.29, 1.82) is 0 Å². The number of hydrogen-bond donors (Lipinski definition) is 1. The van der Waals surface area contributed by atoms with Crippen molar-refractivity contribution in [3.05, 3.63) is 42.0 Å². The molecule has 3 heteroatoms. The van der Waals surface area contributed by atoms with Crippen molar-refractivity contribution in [3.8, 4) is 0 Å². The highest BCUT2D eigenvalue weighted by molar-refractivity contribution is 8.23. The average molecular weight is 210 g/mol. The number of aliphatic hydroxyl groups is 1. The largest absolute Gasteiger partial charge is 0.507 e. The van der Waals surface area contributed by atoms with Gasteiger partial charge in [0.05, 0.1) is 4.20 Å². The molecule has 1 rings (SSSR count). The van der Waals surface area contributed by atoms with Gasteiger partial charge in [-0.25, -0.2) is 0 Å². The van der Waals surface area contributed by atoms with E-state index in [0.717, 1.165) is 5.56 Å². The Hall–Kier alpha value is -0.800. The molecule has 68 valence electrons. The van der Waals surface area contributed by atoms with Gasteiger partial charge in [0.1, 0.15) is 5.76 Å². The average Bonchev–Trinajstić information content (AvgIpc) is 2.19. The van der Waals surface area contributed by atoms with Crippen LogP contribution in [-0.2, 0) is 0 Å². The smallest absolute Gasteiger partial charge is 0.124 e. The van der Waals surface area contributed by atoms with Crippen molar-refractivity contribution in [2.45, 2.75) is 0 Å². The lowest BCUT2D eigenvalue weighted by Gasteiger charge is -1.98. The zero-order valence-corrected chi connectivity index (χ0v) is 8.86. The van der Waals surface area contributed by atoms with Crippen molar-refractivity contribution in [2.75, 3.05) is 6.26 Å². The van der Waals surface area contributed by atoms with Gasteiger partial charge in [-0.2, -0.15) is 0 Å². The Morgan fingerprint density at radius 2 is 2.00 bits per heavy atom. The third kappa shape index (κ3) is 3.20. The first-order valence-corrected chi connectivity index (χ1v) is 5.41. The molecule has 1 N–H and O–H groups in total. The number of hydrogen-bond acceptors (Lipinski definition) is 3. The summed E-state index contributed by atoms with van der Waals surface area (Å²) in [6.45, 7) is 0. The second kappa shape index (κ2) is 5.04. The second-order valence-corrected chi connectivity index (χ2v) is 3.97. The maximum absolute atomic E-state index is 9.58. The molecule has 0 aliphatic carbocycles. The Morgan fingerprint density at radius 3 is 2.54 bits per heavy atom. The van der Waals surface area contributed by atoms with Gasteiger partial charge in [-0.3, -0.25) is 0 Å². The highest BCUT2D eigenvalue weighted by Gasteiger charge is 1.97. The Balaban J connectivity index is 2.85. The standard InChI is InChI=1S/C10H10OS2/c1-13-10(12)7-9(11)8-5-3-2-4-6-8/h2-7,11H,1H3. The normalized spacial score (nSPS) is 11.3. The van der Waals surface area contributed by atoms with Crippen molar-refractivity contribution < 1.29 is 5.11 Å². The summed E-state index contributed by atoms with van der Waals surface area (Å²) in [5, 5.41) is 9.58. The monoisotopic (exact) mass is 210 g/mol. The molecule has 1 aromatic rings. The van der Waals surface area contributed by atoms with Crippen LogP contribution in [0.1, 0.15) is 5.56 Å². The molecule has 0 aliphatic rings. The number of benzene rings is 1. The first-order valence-electron chi connectivity index (χ1n) is 3.78. The molecule has 0 unspecified atom stereocenters. The molecule has 1 aromatic carbocycles. The minimum atomic E-state index is 0.222. The zero-order valence-electron chi connectivity index (χ0n) is 7.23. The third-order valence-corrected chi connectivity index (χ3v) is 2.66. The summed E-state index contributed by atoms with van der Waals surface area (Å²) in [6, 6.07) is 9.34. The van der Waals surface area contributed by atoms with E-state index in [2.05, 4.69) is 0 Å². The van der Waals surface area contributed by atoms with Gasteiger partial charge in [-0.05, 0) is 6.26 Å². The number of rotatable bonds is 2. The van der Waals surface area contributed by atoms with Crippen LogP contribution in [0.2, 0.25) is 0 Å². The van der Waals surface area contributed by atoms with Gasteiger partial charge < -0.3 is 5.11 Å². The Kier molecular flexibility index (Phi) is 3.99.